The van der Waals surface area contributed by atoms with Crippen LogP contribution in [0.3, 0.4) is 0 Å². The fourth-order valence-electron chi connectivity index (χ4n) is 19.3. The van der Waals surface area contributed by atoms with E-state index < -0.39 is 342 Å². The molecule has 72 heteroatoms. The van der Waals surface area contributed by atoms with Crippen LogP contribution >= 0.6 is 0 Å². The zero-order chi connectivity index (χ0) is 101. The Morgan fingerprint density at radius 2 is 0.225 bits per heavy atom. The second-order valence-electron chi connectivity index (χ2n) is 31.8. The van der Waals surface area contributed by atoms with E-state index in [1.54, 1.807) is 0 Å². The van der Waals surface area contributed by atoms with Crippen LogP contribution in [0, 0.1) is 5.41 Å². The molecule has 0 aromatic rings. The van der Waals surface area contributed by atoms with Crippen molar-refractivity contribution in [3.8, 4) is 0 Å². The maximum Gasteiger partial charge on any atom is 0.339 e. The molecule has 0 amide bonds. The predicted octanol–water partition coefficient (Wildman–Crippen LogP) is 14.4. The van der Waals surface area contributed by atoms with Crippen LogP contribution in [0.15, 0.2) is 0 Å². The van der Waals surface area contributed by atoms with Crippen molar-refractivity contribution in [3.63, 3.8) is 0 Å². The summed E-state index contributed by atoms with van der Waals surface area (Å²) in [6, 6.07) is 0. The number of alkyl halides is 60. The van der Waals surface area contributed by atoms with E-state index in [0.29, 0.717) is 0 Å². The van der Waals surface area contributed by atoms with E-state index in [1.807, 2.05) is 0 Å². The van der Waals surface area contributed by atoms with E-state index in [0.717, 1.165) is 0 Å². The minimum absolute atomic E-state index is 2.86. The first-order valence-electron chi connectivity index (χ1n) is 33.3. The van der Waals surface area contributed by atoms with Gasteiger partial charge in [0.1, 0.15) is 24.4 Å². The van der Waals surface area contributed by atoms with Gasteiger partial charge in [-0.05, 0) is 0 Å². The zero-order valence-electron chi connectivity index (χ0n) is 59.0. The van der Waals surface area contributed by atoms with Crippen LogP contribution in [-0.2, 0) is 37.9 Å². The Labute approximate surface area is 663 Å². The van der Waals surface area contributed by atoms with Crippen molar-refractivity contribution in [2.24, 2.45) is 5.41 Å². The molecule has 0 aliphatic heterocycles. The van der Waals surface area contributed by atoms with Crippen molar-refractivity contribution < 1.29 is 322 Å². The average Bonchev–Trinajstić information content (AvgIpc) is 0.603. The molecule has 0 aromatic carbocycles. The van der Waals surface area contributed by atoms with Gasteiger partial charge in [0, 0.05) is 0 Å². The van der Waals surface area contributed by atoms with Gasteiger partial charge in [-0.2, -0.15) is 211 Å². The molecule has 4 atom stereocenters. The molecule has 752 valence electrons. The predicted molar refractivity (Wildman–Crippen MR) is 269 cm³/mol. The second-order valence-corrected chi connectivity index (χ2v) is 31.8. The smallest absolute Gasteiger partial charge is 0.339 e. The number of aliphatic hydroxyl groups is 4. The molecule has 16 fully saturated rings. The van der Waals surface area contributed by atoms with Crippen molar-refractivity contribution in [1.29, 1.82) is 0 Å². The minimum atomic E-state index is -8.68. The van der Waals surface area contributed by atoms with Crippen molar-refractivity contribution in [3.05, 3.63) is 0 Å². The van der Waals surface area contributed by atoms with E-state index in [1.165, 1.54) is 0 Å². The molecule has 0 aromatic heterocycles. The van der Waals surface area contributed by atoms with E-state index >= 15 is 263 Å². The first-order valence-corrected chi connectivity index (χ1v) is 33.3. The van der Waals surface area contributed by atoms with Gasteiger partial charge in [0.15, 0.2) is 0 Å². The molecule has 4 unspecified atom stereocenters. The van der Waals surface area contributed by atoms with Crippen LogP contribution in [0.4, 0.5) is 263 Å². The molecular formula is C57H32F60O12. The Morgan fingerprint density at radius 1 is 0.140 bits per heavy atom. The number of aliphatic hydroxyl groups excluding tert-OH is 4. The summed E-state index contributed by atoms with van der Waals surface area (Å²) in [6.07, 6.45) is -16.8. The van der Waals surface area contributed by atoms with Gasteiger partial charge in [0.2, 0.25) is 0 Å². The number of rotatable bonds is 28. The summed E-state index contributed by atoms with van der Waals surface area (Å²) >= 11 is 0. The summed E-state index contributed by atoms with van der Waals surface area (Å²) in [7, 11) is 0. The summed E-state index contributed by atoms with van der Waals surface area (Å²) in [5, 5.41) is 42.3. The monoisotopic (exact) mass is 2050 g/mol. The second kappa shape index (κ2) is 24.7. The summed E-state index contributed by atoms with van der Waals surface area (Å²) < 4.78 is 967. The molecule has 12 nitrogen and oxygen atoms in total. The lowest BCUT2D eigenvalue weighted by Gasteiger charge is -2.74. The molecule has 0 spiro atoms. The Bertz CT molecular complexity index is 3560. The summed E-state index contributed by atoms with van der Waals surface area (Å²) in [4.78, 5) is 0. The number of ether oxygens (including phenoxy) is 8. The van der Waals surface area contributed by atoms with Crippen LogP contribution in [0.2, 0.25) is 0 Å². The van der Waals surface area contributed by atoms with Crippen molar-refractivity contribution >= 4 is 0 Å². The topological polar surface area (TPSA) is 155 Å². The van der Waals surface area contributed by atoms with Gasteiger partial charge in [-0.25, -0.2) is 52.7 Å². The summed E-state index contributed by atoms with van der Waals surface area (Å²) in [5.41, 5.74) is -140. The molecule has 4 N–H and O–H groups in total. The Balaban J connectivity index is 0.918. The lowest BCUT2D eigenvalue weighted by atomic mass is 9.40. The Hall–Kier alpha value is -4.68. The van der Waals surface area contributed by atoms with E-state index in [2.05, 4.69) is 37.9 Å². The number of hydrogen-bond donors (Lipinski definition) is 4. The van der Waals surface area contributed by atoms with Crippen molar-refractivity contribution in [2.45, 2.75) is 257 Å². The lowest BCUT2D eigenvalue weighted by Crippen LogP contribution is -3.10. The zero-order valence-corrected chi connectivity index (χ0v) is 59.0. The highest BCUT2D eigenvalue weighted by atomic mass is 19.4. The van der Waals surface area contributed by atoms with Gasteiger partial charge in [-0.3, -0.25) is 0 Å². The van der Waals surface area contributed by atoms with Gasteiger partial charge < -0.3 is 58.3 Å². The largest absolute Gasteiger partial charge is 0.388 e. The van der Waals surface area contributed by atoms with Gasteiger partial charge >= 0.3 is 210 Å². The average molecular weight is 2050 g/mol. The van der Waals surface area contributed by atoms with Crippen LogP contribution in [0.5, 0.6) is 0 Å². The quantitative estimate of drug-likeness (QED) is 0.0551. The van der Waals surface area contributed by atoms with Gasteiger partial charge in [-0.1, -0.05) is 0 Å². The molecule has 0 radical (unpaired) electrons. The van der Waals surface area contributed by atoms with E-state index in [9.17, 15) is 20.4 Å². The molecule has 0 heterocycles. The van der Waals surface area contributed by atoms with Gasteiger partial charge in [0.05, 0.1) is 84.7 Å². The Morgan fingerprint density at radius 3 is 0.310 bits per heavy atom. The minimum Gasteiger partial charge on any atom is -0.388 e. The normalized spacial score (nSPS) is 47.4. The maximum absolute atomic E-state index is 15.9. The molecule has 16 saturated carbocycles. The molecular weight excluding hydrogens is 2020 g/mol. The fraction of sp³-hybridized carbons (Fsp3) is 1.00. The molecule has 129 heavy (non-hydrogen) atoms. The third kappa shape index (κ3) is 7.90. The van der Waals surface area contributed by atoms with Gasteiger partial charge in [-0.15, -0.1) is 0 Å². The van der Waals surface area contributed by atoms with Crippen molar-refractivity contribution in [2.75, 3.05) is 79.3 Å². The number of halogens is 60. The van der Waals surface area contributed by atoms with Crippen LogP contribution in [0.25, 0.3) is 0 Å². The SMILES string of the molecule is OC(COCC(COCC(O)COC12C(F)(F)C3(F)C(F)(F)C(F)(C(F)(F)C(F)(C3(F)F)C1(F)F)C2(F)F)(COCC(O)COC12C(F)(F)C3(F)C(F)(F)C(F)(C(F)(F)C(F)(C3(F)F)C1(F)F)C2(F)F)COCC(O)COC12C(F)(F)C3(F)C(F)(F)C(F)(C(F)(F)C(F)(C3(F)F)C1(F)F)C2(F)F)COC12C(F)(F)C3(F)C(F)(F)C(F)(C(F)(F)C(F)(C3(F)F)C1(F)F)C2(F)F. The van der Waals surface area contributed by atoms with Crippen LogP contribution < -0.4 is 0 Å². The first kappa shape index (κ1) is 103. The fourth-order valence-corrected chi connectivity index (χ4v) is 19.3. The standard InChI is InChI=1S/C57H32F60O12/c58-18-34(70,71)19(59)36(74,75)20(60,35(18,72)73)48(98,99)30(46(18,94)95,47(19,96)97)126-5-13(118)1-122-9-17(10-123-2-14(119)6-127-31-49(100,101)21(61)37(76,77)22(62,50(31,102)103)39(80,81)23(63,38(21,78)79)51(31,104)105,11-124-3-15(120)7-128-32-52(106,107)24(64)40(82,83)25(65,53(32,108)109)42(86,87)26(66,41(24,84)85)54(32,110)111)12-125-4-16(121)8-129-33-55(112,113)27(67)43(88,89)28(68,56(33,114)115)45(92,93)29(69,44(27,90)91)57(33,116)117/h13-16,118-121H,1-12H2. The summed E-state index contributed by atoms with van der Waals surface area (Å²) in [6.45, 7) is -38.0. The third-order valence-electron chi connectivity index (χ3n) is 25.7. The van der Waals surface area contributed by atoms with Crippen LogP contribution in [-0.4, -0.2) is 357 Å². The molecule has 16 aliphatic carbocycles. The highest BCUT2D eigenvalue weighted by molar-refractivity contribution is 5.59. The van der Waals surface area contributed by atoms with Crippen molar-refractivity contribution in [1.82, 2.24) is 0 Å². The Kier molecular flexibility index (Phi) is 19.8. The summed E-state index contributed by atoms with van der Waals surface area (Å²) in [5.74, 6) is -208. The molecule has 0 saturated heterocycles. The van der Waals surface area contributed by atoms with Crippen LogP contribution in [0.1, 0.15) is 0 Å². The van der Waals surface area contributed by atoms with Gasteiger partial charge in [0.25, 0.3) is 22.4 Å². The molecule has 16 aliphatic rings. The third-order valence-corrected chi connectivity index (χ3v) is 25.7. The molecule has 16 bridgehead atoms. The van der Waals surface area contributed by atoms with E-state index in [4.69, 9.17) is 0 Å². The maximum atomic E-state index is 15.9. The highest BCUT2D eigenvalue weighted by Gasteiger charge is 3.29. The number of hydrogen-bond acceptors (Lipinski definition) is 12. The highest BCUT2D eigenvalue weighted by Crippen LogP contribution is 2.95. The first-order chi connectivity index (χ1) is 56.4. The molecule has 16 rings (SSSR count). The lowest BCUT2D eigenvalue weighted by molar-refractivity contribution is -0.619. The van der Waals surface area contributed by atoms with E-state index in [-0.39, 0.29) is 0 Å².